The van der Waals surface area contributed by atoms with Gasteiger partial charge < -0.3 is 9.88 Å². The van der Waals surface area contributed by atoms with Gasteiger partial charge in [-0.1, -0.05) is 11.6 Å². The minimum absolute atomic E-state index is 0.0991. The number of hydrogen-bond donors (Lipinski definition) is 1. The molecule has 0 fully saturated rings. The molecule has 4 nitrogen and oxygen atoms in total. The van der Waals surface area contributed by atoms with Crippen LogP contribution in [0, 0.1) is 5.82 Å². The molecular formula is C14H9ClF4N2O2. The fraction of sp³-hybridized carbons (Fsp3) is 0.143. The van der Waals surface area contributed by atoms with E-state index in [1.54, 1.807) is 0 Å². The molecule has 1 amide bonds. The first-order valence-corrected chi connectivity index (χ1v) is 6.57. The molecule has 0 aliphatic heterocycles. The molecule has 0 radical (unpaired) electrons. The summed E-state index contributed by atoms with van der Waals surface area (Å²) < 4.78 is 51.7. The van der Waals surface area contributed by atoms with Crippen molar-refractivity contribution in [2.45, 2.75) is 12.7 Å². The minimum Gasteiger partial charge on any atom is -0.323 e. The molecule has 0 saturated heterocycles. The zero-order valence-corrected chi connectivity index (χ0v) is 12.1. The zero-order valence-electron chi connectivity index (χ0n) is 11.3. The maximum absolute atomic E-state index is 13.0. The Morgan fingerprint density at radius 2 is 1.91 bits per heavy atom. The number of aromatic nitrogens is 1. The Kier molecular flexibility index (Phi) is 4.74. The van der Waals surface area contributed by atoms with Gasteiger partial charge in [-0.25, -0.2) is 4.39 Å². The number of halogens is 5. The summed E-state index contributed by atoms with van der Waals surface area (Å²) >= 11 is 5.74. The van der Waals surface area contributed by atoms with Crippen LogP contribution in [0.2, 0.25) is 5.02 Å². The third-order valence-electron chi connectivity index (χ3n) is 2.83. The average Bonchev–Trinajstić information content (AvgIpc) is 2.44. The van der Waals surface area contributed by atoms with E-state index in [1.807, 2.05) is 0 Å². The summed E-state index contributed by atoms with van der Waals surface area (Å²) in [4.78, 5) is 23.3. The number of nitrogens with one attached hydrogen (secondary N) is 1. The van der Waals surface area contributed by atoms with Crippen LogP contribution in [0.4, 0.5) is 23.2 Å². The fourth-order valence-corrected chi connectivity index (χ4v) is 1.93. The van der Waals surface area contributed by atoms with E-state index in [2.05, 4.69) is 5.32 Å². The van der Waals surface area contributed by atoms with Crippen molar-refractivity contribution in [3.8, 4) is 0 Å². The number of anilines is 1. The number of benzene rings is 1. The largest absolute Gasteiger partial charge is 0.416 e. The summed E-state index contributed by atoms with van der Waals surface area (Å²) in [6.07, 6.45) is -3.78. The molecule has 2 rings (SSSR count). The molecule has 2 aromatic rings. The van der Waals surface area contributed by atoms with Crippen molar-refractivity contribution in [1.29, 1.82) is 0 Å². The van der Waals surface area contributed by atoms with Crippen molar-refractivity contribution in [3.05, 3.63) is 63.3 Å². The van der Waals surface area contributed by atoms with Crippen LogP contribution < -0.4 is 10.9 Å². The van der Waals surface area contributed by atoms with E-state index >= 15 is 0 Å². The van der Waals surface area contributed by atoms with E-state index in [0.29, 0.717) is 6.07 Å². The molecule has 1 aromatic carbocycles. The predicted molar refractivity (Wildman–Crippen MR) is 75.7 cm³/mol. The maximum Gasteiger partial charge on any atom is 0.416 e. The van der Waals surface area contributed by atoms with Crippen LogP contribution in [0.1, 0.15) is 5.56 Å². The van der Waals surface area contributed by atoms with Gasteiger partial charge in [-0.15, -0.1) is 0 Å². The number of rotatable bonds is 3. The molecule has 9 heteroatoms. The monoisotopic (exact) mass is 348 g/mol. The molecule has 0 aliphatic rings. The van der Waals surface area contributed by atoms with E-state index in [-0.39, 0.29) is 10.7 Å². The van der Waals surface area contributed by atoms with Gasteiger partial charge in [0, 0.05) is 12.3 Å². The lowest BCUT2D eigenvalue weighted by Crippen LogP contribution is -2.27. The van der Waals surface area contributed by atoms with E-state index in [4.69, 9.17) is 11.6 Å². The standard InChI is InChI=1S/C14H9ClF4N2O2/c15-10-3-1-8(14(17,18)19)5-11(10)20-12(22)7-21-6-9(16)2-4-13(21)23/h1-6H,7H2,(H,20,22). The summed E-state index contributed by atoms with van der Waals surface area (Å²) in [5, 5.41) is 2.07. The van der Waals surface area contributed by atoms with E-state index in [9.17, 15) is 27.2 Å². The molecule has 0 aliphatic carbocycles. The second-order valence-electron chi connectivity index (χ2n) is 4.55. The number of alkyl halides is 3. The Hall–Kier alpha value is -2.35. The van der Waals surface area contributed by atoms with Crippen molar-refractivity contribution >= 4 is 23.2 Å². The molecule has 0 unspecified atom stereocenters. The Balaban J connectivity index is 2.20. The lowest BCUT2D eigenvalue weighted by Gasteiger charge is -2.12. The van der Waals surface area contributed by atoms with Crippen LogP contribution >= 0.6 is 11.6 Å². The first-order valence-electron chi connectivity index (χ1n) is 6.19. The number of nitrogens with zero attached hydrogens (tertiary/aromatic N) is 1. The summed E-state index contributed by atoms with van der Waals surface area (Å²) in [6.45, 7) is -0.566. The Labute approximate surface area is 132 Å². The second kappa shape index (κ2) is 6.41. The van der Waals surface area contributed by atoms with Gasteiger partial charge in [-0.3, -0.25) is 9.59 Å². The quantitative estimate of drug-likeness (QED) is 0.865. The molecule has 122 valence electrons. The van der Waals surface area contributed by atoms with E-state index < -0.39 is 35.6 Å². The van der Waals surface area contributed by atoms with Gasteiger partial charge in [-0.2, -0.15) is 13.2 Å². The Morgan fingerprint density at radius 3 is 2.57 bits per heavy atom. The molecule has 1 heterocycles. The van der Waals surface area contributed by atoms with Crippen molar-refractivity contribution in [2.75, 3.05) is 5.32 Å². The lowest BCUT2D eigenvalue weighted by molar-refractivity contribution is -0.137. The smallest absolute Gasteiger partial charge is 0.323 e. The topological polar surface area (TPSA) is 51.1 Å². The molecular weight excluding hydrogens is 340 g/mol. The minimum atomic E-state index is -4.59. The third kappa shape index (κ3) is 4.32. The molecule has 0 saturated carbocycles. The van der Waals surface area contributed by atoms with Crippen LogP contribution in [-0.2, 0) is 17.5 Å². The van der Waals surface area contributed by atoms with Crippen LogP contribution in [0.15, 0.2) is 41.3 Å². The second-order valence-corrected chi connectivity index (χ2v) is 4.96. The SMILES string of the molecule is O=C(Cn1cc(F)ccc1=O)Nc1cc(C(F)(F)F)ccc1Cl. The molecule has 0 atom stereocenters. The number of carbonyl (C=O) groups excluding carboxylic acids is 1. The van der Waals surface area contributed by atoms with E-state index in [1.165, 1.54) is 0 Å². The van der Waals surface area contributed by atoms with Gasteiger partial charge in [0.15, 0.2) is 0 Å². The highest BCUT2D eigenvalue weighted by molar-refractivity contribution is 6.33. The molecule has 0 bridgehead atoms. The van der Waals surface area contributed by atoms with Gasteiger partial charge in [0.25, 0.3) is 5.56 Å². The van der Waals surface area contributed by atoms with E-state index in [0.717, 1.165) is 35.0 Å². The van der Waals surface area contributed by atoms with Crippen LogP contribution in [0.3, 0.4) is 0 Å². The van der Waals surface area contributed by atoms with Gasteiger partial charge in [-0.05, 0) is 24.3 Å². The third-order valence-corrected chi connectivity index (χ3v) is 3.16. The van der Waals surface area contributed by atoms with Crippen LogP contribution in [-0.4, -0.2) is 10.5 Å². The highest BCUT2D eigenvalue weighted by Gasteiger charge is 2.31. The zero-order chi connectivity index (χ0) is 17.2. The predicted octanol–water partition coefficient (Wildman–Crippen LogP) is 3.30. The van der Waals surface area contributed by atoms with Crippen molar-refractivity contribution in [3.63, 3.8) is 0 Å². The van der Waals surface area contributed by atoms with Crippen molar-refractivity contribution < 1.29 is 22.4 Å². The van der Waals surface area contributed by atoms with Gasteiger partial charge >= 0.3 is 6.18 Å². The van der Waals surface area contributed by atoms with Gasteiger partial charge in [0.05, 0.1) is 16.3 Å². The molecule has 23 heavy (non-hydrogen) atoms. The number of amides is 1. The normalized spacial score (nSPS) is 11.3. The molecule has 1 aromatic heterocycles. The number of hydrogen-bond acceptors (Lipinski definition) is 2. The number of pyridine rings is 1. The fourth-order valence-electron chi connectivity index (χ4n) is 1.77. The summed E-state index contributed by atoms with van der Waals surface area (Å²) in [5.41, 5.74) is -1.87. The Morgan fingerprint density at radius 1 is 1.22 bits per heavy atom. The first-order chi connectivity index (χ1) is 10.7. The van der Waals surface area contributed by atoms with Gasteiger partial charge in [0.1, 0.15) is 12.4 Å². The maximum atomic E-state index is 13.0. The lowest BCUT2D eigenvalue weighted by atomic mass is 10.2. The van der Waals surface area contributed by atoms with Crippen molar-refractivity contribution in [1.82, 2.24) is 4.57 Å². The highest BCUT2D eigenvalue weighted by atomic mass is 35.5. The summed E-state index contributed by atoms with van der Waals surface area (Å²) in [6, 6.07) is 4.30. The van der Waals surface area contributed by atoms with Crippen molar-refractivity contribution in [2.24, 2.45) is 0 Å². The van der Waals surface area contributed by atoms with Gasteiger partial charge in [0.2, 0.25) is 5.91 Å². The highest BCUT2D eigenvalue weighted by Crippen LogP contribution is 2.33. The molecule has 0 spiro atoms. The summed E-state index contributed by atoms with van der Waals surface area (Å²) in [7, 11) is 0. The van der Waals surface area contributed by atoms with Crippen LogP contribution in [0.5, 0.6) is 0 Å². The Bertz CT molecular complexity index is 802. The first kappa shape index (κ1) is 17.0. The average molecular weight is 349 g/mol. The summed E-state index contributed by atoms with van der Waals surface area (Å²) in [5.74, 6) is -1.55. The number of carbonyl (C=O) groups is 1. The molecule has 1 N–H and O–H groups in total. The van der Waals surface area contributed by atoms with Crippen LogP contribution in [0.25, 0.3) is 0 Å².